The van der Waals surface area contributed by atoms with Crippen LogP contribution in [0.25, 0.3) is 11.4 Å². The molecule has 1 aliphatic rings. The minimum Gasteiger partial charge on any atom is -0.454 e. The lowest BCUT2D eigenvalue weighted by molar-refractivity contribution is 0.174. The lowest BCUT2D eigenvalue weighted by Crippen LogP contribution is -2.04. The second kappa shape index (κ2) is 5.97. The normalized spacial score (nSPS) is 12.5. The van der Waals surface area contributed by atoms with E-state index in [1.54, 1.807) is 7.11 Å². The lowest BCUT2D eigenvalue weighted by atomic mass is 10.2. The zero-order valence-corrected chi connectivity index (χ0v) is 12.0. The van der Waals surface area contributed by atoms with Crippen molar-refractivity contribution in [3.05, 3.63) is 30.0 Å². The van der Waals surface area contributed by atoms with Crippen LogP contribution in [0.3, 0.4) is 0 Å². The molecule has 0 radical (unpaired) electrons. The Labute approximate surface area is 123 Å². The van der Waals surface area contributed by atoms with Gasteiger partial charge in [-0.05, 0) is 25.1 Å². The number of ether oxygens (including phenoxy) is 3. The first-order chi connectivity index (χ1) is 10.3. The summed E-state index contributed by atoms with van der Waals surface area (Å²) in [5.41, 5.74) is 1.72. The van der Waals surface area contributed by atoms with Gasteiger partial charge in [-0.3, -0.25) is 0 Å². The fraction of sp³-hybridized carbons (Fsp3) is 0.333. The number of anilines is 1. The van der Waals surface area contributed by atoms with Crippen molar-refractivity contribution in [1.29, 1.82) is 0 Å². The molecule has 0 saturated carbocycles. The Morgan fingerprint density at radius 1 is 1.19 bits per heavy atom. The number of hydrogen-bond donors (Lipinski definition) is 1. The molecule has 1 aromatic carbocycles. The molecule has 0 spiro atoms. The SMILES string of the molecule is CCNc1cc(COC)nc(-c2ccc3c(c2)OCO3)n1. The van der Waals surface area contributed by atoms with E-state index in [1.165, 1.54) is 0 Å². The summed E-state index contributed by atoms with van der Waals surface area (Å²) < 4.78 is 15.9. The van der Waals surface area contributed by atoms with Gasteiger partial charge in [0.1, 0.15) is 5.82 Å². The van der Waals surface area contributed by atoms with E-state index in [0.29, 0.717) is 12.4 Å². The maximum atomic E-state index is 5.40. The van der Waals surface area contributed by atoms with Gasteiger partial charge in [0.2, 0.25) is 6.79 Å². The summed E-state index contributed by atoms with van der Waals surface area (Å²) in [7, 11) is 1.65. The minimum atomic E-state index is 0.256. The molecule has 0 amide bonds. The quantitative estimate of drug-likeness (QED) is 0.911. The Kier molecular flexibility index (Phi) is 3.87. The third-order valence-electron chi connectivity index (χ3n) is 3.06. The summed E-state index contributed by atoms with van der Waals surface area (Å²) >= 11 is 0. The Hall–Kier alpha value is -2.34. The predicted octanol–water partition coefficient (Wildman–Crippen LogP) is 2.45. The number of hydrogen-bond acceptors (Lipinski definition) is 6. The Bertz CT molecular complexity index is 622. The fourth-order valence-electron chi connectivity index (χ4n) is 2.16. The van der Waals surface area contributed by atoms with Gasteiger partial charge >= 0.3 is 0 Å². The fourth-order valence-corrected chi connectivity index (χ4v) is 2.16. The first-order valence-corrected chi connectivity index (χ1v) is 6.81. The maximum absolute atomic E-state index is 5.40. The first kappa shape index (κ1) is 13.6. The topological polar surface area (TPSA) is 65.5 Å². The van der Waals surface area contributed by atoms with E-state index in [9.17, 15) is 0 Å². The number of methoxy groups -OCH3 is 1. The largest absolute Gasteiger partial charge is 0.454 e. The highest BCUT2D eigenvalue weighted by Crippen LogP contribution is 2.35. The van der Waals surface area contributed by atoms with Crippen LogP contribution in [0.5, 0.6) is 11.5 Å². The first-order valence-electron chi connectivity index (χ1n) is 6.81. The molecule has 1 aromatic heterocycles. The summed E-state index contributed by atoms with van der Waals surface area (Å²) in [5, 5.41) is 3.21. The lowest BCUT2D eigenvalue weighted by Gasteiger charge is -2.09. The maximum Gasteiger partial charge on any atom is 0.231 e. The molecule has 2 aromatic rings. The highest BCUT2D eigenvalue weighted by atomic mass is 16.7. The van der Waals surface area contributed by atoms with Crippen LogP contribution in [-0.2, 0) is 11.3 Å². The number of rotatable bonds is 5. The standard InChI is InChI=1S/C15H17N3O3/c1-3-16-14-7-11(8-19-2)17-15(18-14)10-4-5-12-13(6-10)21-9-20-12/h4-7H,3,8-9H2,1-2H3,(H,16,17,18). The third-order valence-corrected chi connectivity index (χ3v) is 3.06. The highest BCUT2D eigenvalue weighted by molar-refractivity contribution is 5.63. The second-order valence-corrected chi connectivity index (χ2v) is 4.60. The summed E-state index contributed by atoms with van der Waals surface area (Å²) in [6, 6.07) is 7.58. The van der Waals surface area contributed by atoms with Gasteiger partial charge in [0.25, 0.3) is 0 Å². The molecule has 6 nitrogen and oxygen atoms in total. The molecule has 0 atom stereocenters. The Morgan fingerprint density at radius 2 is 2.05 bits per heavy atom. The number of benzene rings is 1. The third kappa shape index (κ3) is 2.90. The van der Waals surface area contributed by atoms with Crippen molar-refractivity contribution >= 4 is 5.82 Å². The second-order valence-electron chi connectivity index (χ2n) is 4.60. The summed E-state index contributed by atoms with van der Waals surface area (Å²) in [6.07, 6.45) is 0. The average Bonchev–Trinajstić information content (AvgIpc) is 2.95. The molecule has 110 valence electrons. The zero-order valence-electron chi connectivity index (χ0n) is 12.0. The van der Waals surface area contributed by atoms with Crippen LogP contribution >= 0.6 is 0 Å². The molecular formula is C15H17N3O3. The predicted molar refractivity (Wildman–Crippen MR) is 78.5 cm³/mol. The molecular weight excluding hydrogens is 270 g/mol. The smallest absolute Gasteiger partial charge is 0.231 e. The zero-order chi connectivity index (χ0) is 14.7. The van der Waals surface area contributed by atoms with Crippen LogP contribution in [0.15, 0.2) is 24.3 Å². The summed E-state index contributed by atoms with van der Waals surface area (Å²) in [4.78, 5) is 9.06. The van der Waals surface area contributed by atoms with Crippen LogP contribution in [-0.4, -0.2) is 30.4 Å². The van der Waals surface area contributed by atoms with Crippen LogP contribution in [0, 0.1) is 0 Å². The van der Waals surface area contributed by atoms with Crippen molar-refractivity contribution in [2.45, 2.75) is 13.5 Å². The average molecular weight is 287 g/mol. The van der Waals surface area contributed by atoms with Crippen molar-refractivity contribution in [3.8, 4) is 22.9 Å². The van der Waals surface area contributed by atoms with Crippen molar-refractivity contribution in [2.75, 3.05) is 25.8 Å². The monoisotopic (exact) mass is 287 g/mol. The van der Waals surface area contributed by atoms with Gasteiger partial charge in [-0.25, -0.2) is 9.97 Å². The van der Waals surface area contributed by atoms with Crippen molar-refractivity contribution < 1.29 is 14.2 Å². The molecule has 21 heavy (non-hydrogen) atoms. The minimum absolute atomic E-state index is 0.256. The molecule has 3 rings (SSSR count). The van der Waals surface area contributed by atoms with E-state index in [4.69, 9.17) is 14.2 Å². The van der Waals surface area contributed by atoms with Crippen molar-refractivity contribution in [2.24, 2.45) is 0 Å². The van der Waals surface area contributed by atoms with Gasteiger partial charge in [-0.2, -0.15) is 0 Å². The van der Waals surface area contributed by atoms with E-state index in [-0.39, 0.29) is 6.79 Å². The molecule has 0 saturated heterocycles. The molecule has 0 unspecified atom stereocenters. The number of nitrogens with zero attached hydrogens (tertiary/aromatic N) is 2. The molecule has 2 heterocycles. The van der Waals surface area contributed by atoms with Gasteiger partial charge < -0.3 is 19.5 Å². The van der Waals surface area contributed by atoms with Crippen LogP contribution < -0.4 is 14.8 Å². The number of nitrogens with one attached hydrogen (secondary N) is 1. The number of fused-ring (bicyclic) bond motifs is 1. The number of aromatic nitrogens is 2. The Balaban J connectivity index is 1.99. The van der Waals surface area contributed by atoms with Gasteiger partial charge in [0.05, 0.1) is 12.3 Å². The molecule has 0 aliphatic carbocycles. The van der Waals surface area contributed by atoms with E-state index in [1.807, 2.05) is 31.2 Å². The van der Waals surface area contributed by atoms with Crippen molar-refractivity contribution in [1.82, 2.24) is 9.97 Å². The van der Waals surface area contributed by atoms with Crippen LogP contribution in [0.1, 0.15) is 12.6 Å². The molecule has 0 fully saturated rings. The Morgan fingerprint density at radius 3 is 2.86 bits per heavy atom. The van der Waals surface area contributed by atoms with Gasteiger partial charge in [0, 0.05) is 25.3 Å². The van der Waals surface area contributed by atoms with E-state index >= 15 is 0 Å². The van der Waals surface area contributed by atoms with Crippen molar-refractivity contribution in [3.63, 3.8) is 0 Å². The molecule has 0 bridgehead atoms. The summed E-state index contributed by atoms with van der Waals surface area (Å²) in [5.74, 6) is 2.89. The van der Waals surface area contributed by atoms with Crippen LogP contribution in [0.2, 0.25) is 0 Å². The van der Waals surface area contributed by atoms with Gasteiger partial charge in [0.15, 0.2) is 17.3 Å². The van der Waals surface area contributed by atoms with Crippen LogP contribution in [0.4, 0.5) is 5.82 Å². The van der Waals surface area contributed by atoms with E-state index in [2.05, 4.69) is 15.3 Å². The van der Waals surface area contributed by atoms with Gasteiger partial charge in [-0.1, -0.05) is 0 Å². The molecule has 1 N–H and O–H groups in total. The summed E-state index contributed by atoms with van der Waals surface area (Å²) in [6.45, 7) is 3.52. The highest BCUT2D eigenvalue weighted by Gasteiger charge is 2.15. The van der Waals surface area contributed by atoms with E-state index < -0.39 is 0 Å². The van der Waals surface area contributed by atoms with Gasteiger partial charge in [-0.15, -0.1) is 0 Å². The molecule has 1 aliphatic heterocycles. The molecule has 6 heteroatoms. The van der Waals surface area contributed by atoms with E-state index in [0.717, 1.165) is 35.1 Å².